The maximum absolute atomic E-state index is 12.0. The van der Waals surface area contributed by atoms with Crippen LogP contribution in [0, 0.1) is 11.3 Å². The van der Waals surface area contributed by atoms with Crippen LogP contribution in [0.1, 0.15) is 58.8 Å². The number of unbranched alkanes of at least 4 members (excludes halogenated alkanes) is 1. The van der Waals surface area contributed by atoms with Gasteiger partial charge in [-0.1, -0.05) is 20.3 Å². The molecule has 1 unspecified atom stereocenters. The first kappa shape index (κ1) is 15.0. The van der Waals surface area contributed by atoms with Gasteiger partial charge in [0, 0.05) is 18.9 Å². The van der Waals surface area contributed by atoms with Gasteiger partial charge in [0.15, 0.2) is 0 Å². The van der Waals surface area contributed by atoms with E-state index in [2.05, 4.69) is 19.2 Å². The molecule has 18 heavy (non-hydrogen) atoms. The number of hydrogen-bond acceptors (Lipinski definition) is 2. The highest BCUT2D eigenvalue weighted by Crippen LogP contribution is 2.38. The third-order valence-electron chi connectivity index (χ3n) is 3.69. The molecule has 0 bridgehead atoms. The third-order valence-corrected chi connectivity index (χ3v) is 3.69. The molecule has 1 aliphatic carbocycles. The molecule has 0 radical (unpaired) electrons. The number of carbonyl (C=O) groups is 2. The zero-order valence-electron chi connectivity index (χ0n) is 11.5. The minimum absolute atomic E-state index is 0.147. The molecule has 1 atom stereocenters. The molecule has 1 aliphatic rings. The molecule has 0 aromatic carbocycles. The minimum atomic E-state index is -0.768. The number of rotatable bonds is 6. The van der Waals surface area contributed by atoms with Gasteiger partial charge in [0.1, 0.15) is 0 Å². The Morgan fingerprint density at radius 2 is 2.06 bits per heavy atom. The van der Waals surface area contributed by atoms with Crippen LogP contribution >= 0.6 is 0 Å². The number of amides is 1. The molecular weight excluding hydrogens is 230 g/mol. The van der Waals surface area contributed by atoms with E-state index >= 15 is 0 Å². The molecule has 1 saturated carbocycles. The van der Waals surface area contributed by atoms with Gasteiger partial charge in [-0.3, -0.25) is 9.59 Å². The van der Waals surface area contributed by atoms with Gasteiger partial charge in [-0.25, -0.2) is 0 Å². The lowest BCUT2D eigenvalue weighted by molar-refractivity contribution is -0.137. The van der Waals surface area contributed by atoms with E-state index in [1.54, 1.807) is 0 Å². The van der Waals surface area contributed by atoms with Crippen molar-refractivity contribution < 1.29 is 14.7 Å². The quantitative estimate of drug-likeness (QED) is 0.717. The van der Waals surface area contributed by atoms with Crippen LogP contribution in [0.3, 0.4) is 0 Å². The van der Waals surface area contributed by atoms with Gasteiger partial charge in [-0.05, 0) is 37.5 Å². The lowest BCUT2D eigenvalue weighted by Gasteiger charge is -2.34. The Morgan fingerprint density at radius 3 is 2.67 bits per heavy atom. The maximum atomic E-state index is 12.0. The molecule has 104 valence electrons. The summed E-state index contributed by atoms with van der Waals surface area (Å²) in [6, 6.07) is 0. The number of hydrogen-bond donors (Lipinski definition) is 2. The van der Waals surface area contributed by atoms with E-state index in [0.29, 0.717) is 13.0 Å². The minimum Gasteiger partial charge on any atom is -0.481 e. The Balaban J connectivity index is 2.18. The van der Waals surface area contributed by atoms with Crippen LogP contribution in [0.15, 0.2) is 0 Å². The van der Waals surface area contributed by atoms with Crippen molar-refractivity contribution in [3.8, 4) is 0 Å². The highest BCUT2D eigenvalue weighted by atomic mass is 16.4. The van der Waals surface area contributed by atoms with E-state index in [1.165, 1.54) is 6.42 Å². The van der Waals surface area contributed by atoms with Gasteiger partial charge < -0.3 is 10.4 Å². The monoisotopic (exact) mass is 255 g/mol. The van der Waals surface area contributed by atoms with Gasteiger partial charge in [0.2, 0.25) is 5.91 Å². The van der Waals surface area contributed by atoms with E-state index in [4.69, 9.17) is 5.11 Å². The molecule has 4 nitrogen and oxygen atoms in total. The second-order valence-electron chi connectivity index (χ2n) is 6.10. The second-order valence-corrected chi connectivity index (χ2v) is 6.10. The molecule has 4 heteroatoms. The van der Waals surface area contributed by atoms with Crippen molar-refractivity contribution in [1.29, 1.82) is 0 Å². The Kier molecular flexibility index (Phi) is 5.63. The average Bonchev–Trinajstić information content (AvgIpc) is 2.26. The molecule has 0 aromatic rings. The van der Waals surface area contributed by atoms with Gasteiger partial charge in [0.05, 0.1) is 0 Å². The van der Waals surface area contributed by atoms with Gasteiger partial charge in [-0.2, -0.15) is 0 Å². The standard InChI is InChI=1S/C14H25NO3/c1-14(2)8-5-6-11(10-14)13(18)15-9-4-3-7-12(16)17/h11H,3-10H2,1-2H3,(H,15,18)(H,16,17). The van der Waals surface area contributed by atoms with Crippen molar-refractivity contribution in [2.75, 3.05) is 6.54 Å². The fraction of sp³-hybridized carbons (Fsp3) is 0.857. The average molecular weight is 255 g/mol. The van der Waals surface area contributed by atoms with Gasteiger partial charge >= 0.3 is 5.97 Å². The van der Waals surface area contributed by atoms with Crippen molar-refractivity contribution in [3.05, 3.63) is 0 Å². The molecule has 0 heterocycles. The summed E-state index contributed by atoms with van der Waals surface area (Å²) in [6.45, 7) is 5.04. The summed E-state index contributed by atoms with van der Waals surface area (Å²) in [5.74, 6) is -0.471. The third kappa shape index (κ3) is 5.52. The van der Waals surface area contributed by atoms with E-state index in [0.717, 1.165) is 25.7 Å². The molecule has 0 spiro atoms. The summed E-state index contributed by atoms with van der Waals surface area (Å²) >= 11 is 0. The van der Waals surface area contributed by atoms with Crippen LogP contribution in [-0.4, -0.2) is 23.5 Å². The molecular formula is C14H25NO3. The van der Waals surface area contributed by atoms with E-state index in [9.17, 15) is 9.59 Å². The van der Waals surface area contributed by atoms with E-state index in [-0.39, 0.29) is 23.7 Å². The molecule has 1 fully saturated rings. The summed E-state index contributed by atoms with van der Waals surface area (Å²) in [7, 11) is 0. The first-order valence-electron chi connectivity index (χ1n) is 6.90. The Hall–Kier alpha value is -1.06. The summed E-state index contributed by atoms with van der Waals surface area (Å²) in [4.78, 5) is 22.3. The molecule has 0 saturated heterocycles. The SMILES string of the molecule is CC1(C)CCCC(C(=O)NCCCCC(=O)O)C1. The molecule has 2 N–H and O–H groups in total. The van der Waals surface area contributed by atoms with Gasteiger partial charge in [-0.15, -0.1) is 0 Å². The van der Waals surface area contributed by atoms with Crippen LogP contribution in [0.25, 0.3) is 0 Å². The summed E-state index contributed by atoms with van der Waals surface area (Å²) in [5, 5.41) is 11.4. The molecule has 0 aromatic heterocycles. The van der Waals surface area contributed by atoms with Crippen LogP contribution in [0.5, 0.6) is 0 Å². The second kappa shape index (κ2) is 6.76. The van der Waals surface area contributed by atoms with Crippen molar-refractivity contribution in [2.24, 2.45) is 11.3 Å². The highest BCUT2D eigenvalue weighted by molar-refractivity contribution is 5.78. The molecule has 1 amide bonds. The topological polar surface area (TPSA) is 66.4 Å². The lowest BCUT2D eigenvalue weighted by Crippen LogP contribution is -2.36. The lowest BCUT2D eigenvalue weighted by atomic mass is 9.72. The van der Waals surface area contributed by atoms with E-state index in [1.807, 2.05) is 0 Å². The Morgan fingerprint density at radius 1 is 1.33 bits per heavy atom. The van der Waals surface area contributed by atoms with Crippen LogP contribution in [0.2, 0.25) is 0 Å². The maximum Gasteiger partial charge on any atom is 0.303 e. The fourth-order valence-electron chi connectivity index (χ4n) is 2.68. The molecule has 0 aliphatic heterocycles. The summed E-state index contributed by atoms with van der Waals surface area (Å²) in [6.07, 6.45) is 5.85. The first-order valence-corrected chi connectivity index (χ1v) is 6.90. The largest absolute Gasteiger partial charge is 0.481 e. The van der Waals surface area contributed by atoms with Gasteiger partial charge in [0.25, 0.3) is 0 Å². The summed E-state index contributed by atoms with van der Waals surface area (Å²) in [5.41, 5.74) is 0.281. The zero-order chi connectivity index (χ0) is 13.6. The normalized spacial score (nSPS) is 22.4. The fourth-order valence-corrected chi connectivity index (χ4v) is 2.68. The number of carbonyl (C=O) groups excluding carboxylic acids is 1. The number of carboxylic acid groups (broad SMARTS) is 1. The predicted molar refractivity (Wildman–Crippen MR) is 70.2 cm³/mol. The predicted octanol–water partition coefficient (Wildman–Crippen LogP) is 2.57. The summed E-state index contributed by atoms with van der Waals surface area (Å²) < 4.78 is 0. The van der Waals surface area contributed by atoms with Crippen LogP contribution in [0.4, 0.5) is 0 Å². The first-order chi connectivity index (χ1) is 8.41. The number of aliphatic carboxylic acids is 1. The smallest absolute Gasteiger partial charge is 0.303 e. The number of carboxylic acids is 1. The van der Waals surface area contributed by atoms with Crippen molar-refractivity contribution in [2.45, 2.75) is 58.8 Å². The molecule has 1 rings (SSSR count). The zero-order valence-corrected chi connectivity index (χ0v) is 11.5. The van der Waals surface area contributed by atoms with Crippen molar-refractivity contribution in [3.63, 3.8) is 0 Å². The van der Waals surface area contributed by atoms with Crippen LogP contribution < -0.4 is 5.32 Å². The highest BCUT2D eigenvalue weighted by Gasteiger charge is 2.31. The Bertz CT molecular complexity index is 299. The van der Waals surface area contributed by atoms with E-state index < -0.39 is 5.97 Å². The van der Waals surface area contributed by atoms with Crippen molar-refractivity contribution in [1.82, 2.24) is 5.32 Å². The van der Waals surface area contributed by atoms with Crippen LogP contribution in [-0.2, 0) is 9.59 Å². The Labute approximate surface area is 109 Å². The van der Waals surface area contributed by atoms with Crippen molar-refractivity contribution >= 4 is 11.9 Å². The number of nitrogens with one attached hydrogen (secondary N) is 1.